The van der Waals surface area contributed by atoms with Crippen LogP contribution in [0.4, 0.5) is 5.69 Å². The summed E-state index contributed by atoms with van der Waals surface area (Å²) in [5.41, 5.74) is 4.64. The first-order valence-electron chi connectivity index (χ1n) is 9.51. The first-order valence-corrected chi connectivity index (χ1v) is 11.0. The molecule has 1 heterocycles. The summed E-state index contributed by atoms with van der Waals surface area (Å²) in [7, 11) is -3.49. The van der Waals surface area contributed by atoms with Crippen molar-refractivity contribution in [1.82, 2.24) is 4.72 Å². The van der Waals surface area contributed by atoms with Gasteiger partial charge in [0.15, 0.2) is 0 Å². The standard InChI is InChI=1S/C22H26N2O2S/c1-14(2)24-27(25,26)17-10-11-21-20(13-17)18-8-5-9-19(18)22(23-21)16-7-4-6-15(3)12-16/h4-8,10-14,18-19,22-24H,9H2,1-3H3. The zero-order valence-corrected chi connectivity index (χ0v) is 16.8. The van der Waals surface area contributed by atoms with Gasteiger partial charge in [0.05, 0.1) is 10.9 Å². The Kier molecular flexibility index (Phi) is 4.60. The highest BCUT2D eigenvalue weighted by molar-refractivity contribution is 7.89. The van der Waals surface area contributed by atoms with E-state index in [1.165, 1.54) is 11.1 Å². The van der Waals surface area contributed by atoms with Crippen molar-refractivity contribution < 1.29 is 8.42 Å². The summed E-state index contributed by atoms with van der Waals surface area (Å²) in [6.07, 6.45) is 5.46. The molecule has 3 unspecified atom stereocenters. The van der Waals surface area contributed by atoms with E-state index in [1.807, 2.05) is 26.0 Å². The van der Waals surface area contributed by atoms with Gasteiger partial charge in [-0.1, -0.05) is 42.0 Å². The fourth-order valence-electron chi connectivity index (χ4n) is 4.31. The zero-order valence-electron chi connectivity index (χ0n) is 15.9. The molecule has 4 nitrogen and oxygen atoms in total. The van der Waals surface area contributed by atoms with Crippen LogP contribution in [0, 0.1) is 12.8 Å². The fourth-order valence-corrected chi connectivity index (χ4v) is 5.60. The lowest BCUT2D eigenvalue weighted by atomic mass is 9.77. The lowest BCUT2D eigenvalue weighted by Crippen LogP contribution is -2.31. The quantitative estimate of drug-likeness (QED) is 0.765. The highest BCUT2D eigenvalue weighted by Gasteiger charge is 2.38. The summed E-state index contributed by atoms with van der Waals surface area (Å²) < 4.78 is 27.9. The molecule has 3 atom stereocenters. The molecule has 1 aliphatic heterocycles. The van der Waals surface area contributed by atoms with Gasteiger partial charge in [0.1, 0.15) is 0 Å². The van der Waals surface area contributed by atoms with Crippen molar-refractivity contribution in [3.63, 3.8) is 0 Å². The van der Waals surface area contributed by atoms with Crippen LogP contribution in [0.1, 0.15) is 48.9 Å². The van der Waals surface area contributed by atoms with Crippen LogP contribution in [-0.2, 0) is 10.0 Å². The maximum absolute atomic E-state index is 12.6. The van der Waals surface area contributed by atoms with E-state index in [1.54, 1.807) is 6.07 Å². The van der Waals surface area contributed by atoms with Crippen molar-refractivity contribution in [2.45, 2.75) is 50.1 Å². The minimum Gasteiger partial charge on any atom is -0.378 e. The monoisotopic (exact) mass is 382 g/mol. The Morgan fingerprint density at radius 2 is 1.96 bits per heavy atom. The van der Waals surface area contributed by atoms with Crippen molar-refractivity contribution in [3.05, 3.63) is 71.3 Å². The third-order valence-corrected chi connectivity index (χ3v) is 7.09. The average Bonchev–Trinajstić information content (AvgIpc) is 3.09. The molecule has 1 aliphatic carbocycles. The topological polar surface area (TPSA) is 58.2 Å². The lowest BCUT2D eigenvalue weighted by molar-refractivity contribution is 0.425. The molecule has 2 aliphatic rings. The van der Waals surface area contributed by atoms with Gasteiger partial charge in [0, 0.05) is 17.6 Å². The van der Waals surface area contributed by atoms with Gasteiger partial charge in [-0.2, -0.15) is 0 Å². The van der Waals surface area contributed by atoms with Crippen LogP contribution in [-0.4, -0.2) is 14.5 Å². The van der Waals surface area contributed by atoms with Gasteiger partial charge < -0.3 is 5.32 Å². The molecule has 4 rings (SSSR count). The maximum Gasteiger partial charge on any atom is 0.240 e. The fraction of sp³-hybridized carbons (Fsp3) is 0.364. The van der Waals surface area contributed by atoms with Gasteiger partial charge in [0.25, 0.3) is 0 Å². The minimum absolute atomic E-state index is 0.131. The molecule has 0 aromatic heterocycles. The van der Waals surface area contributed by atoms with Gasteiger partial charge in [-0.05, 0) is 62.4 Å². The Labute approximate surface area is 161 Å². The first kappa shape index (κ1) is 18.3. The largest absolute Gasteiger partial charge is 0.378 e. The molecule has 2 N–H and O–H groups in total. The van der Waals surface area contributed by atoms with E-state index in [9.17, 15) is 8.42 Å². The Morgan fingerprint density at radius 1 is 1.15 bits per heavy atom. The van der Waals surface area contributed by atoms with Crippen molar-refractivity contribution >= 4 is 15.7 Å². The number of hydrogen-bond acceptors (Lipinski definition) is 3. The van der Waals surface area contributed by atoms with Crippen LogP contribution < -0.4 is 10.0 Å². The van der Waals surface area contributed by atoms with Gasteiger partial charge in [0.2, 0.25) is 10.0 Å². The predicted octanol–water partition coefficient (Wildman–Crippen LogP) is 4.51. The number of aryl methyl sites for hydroxylation is 1. The van der Waals surface area contributed by atoms with Crippen molar-refractivity contribution in [2.75, 3.05) is 5.32 Å². The average molecular weight is 383 g/mol. The summed E-state index contributed by atoms with van der Waals surface area (Å²) in [6, 6.07) is 14.2. The Balaban J connectivity index is 1.74. The molecule has 27 heavy (non-hydrogen) atoms. The molecule has 0 spiro atoms. The van der Waals surface area contributed by atoms with Gasteiger partial charge >= 0.3 is 0 Å². The number of anilines is 1. The van der Waals surface area contributed by atoms with E-state index in [0.29, 0.717) is 10.8 Å². The number of benzene rings is 2. The van der Waals surface area contributed by atoms with E-state index in [4.69, 9.17) is 0 Å². The van der Waals surface area contributed by atoms with E-state index < -0.39 is 10.0 Å². The van der Waals surface area contributed by atoms with Gasteiger partial charge in [-0.15, -0.1) is 0 Å². The maximum atomic E-state index is 12.6. The van der Waals surface area contributed by atoms with Crippen molar-refractivity contribution in [1.29, 1.82) is 0 Å². The molecule has 0 saturated carbocycles. The first-order chi connectivity index (χ1) is 12.8. The van der Waals surface area contributed by atoms with Crippen molar-refractivity contribution in [2.24, 2.45) is 5.92 Å². The Morgan fingerprint density at radius 3 is 2.70 bits per heavy atom. The van der Waals surface area contributed by atoms with Crippen LogP contribution in [0.15, 0.2) is 59.5 Å². The molecule has 2 aromatic carbocycles. The second-order valence-corrected chi connectivity index (χ2v) is 9.63. The van der Waals surface area contributed by atoms with E-state index in [0.717, 1.165) is 17.7 Å². The smallest absolute Gasteiger partial charge is 0.240 e. The molecular formula is C22H26N2O2S. The number of fused-ring (bicyclic) bond motifs is 3. The minimum atomic E-state index is -3.49. The molecule has 2 aromatic rings. The summed E-state index contributed by atoms with van der Waals surface area (Å²) in [6.45, 7) is 5.78. The summed E-state index contributed by atoms with van der Waals surface area (Å²) in [5.74, 6) is 0.635. The summed E-state index contributed by atoms with van der Waals surface area (Å²) in [4.78, 5) is 0.338. The summed E-state index contributed by atoms with van der Waals surface area (Å²) >= 11 is 0. The van der Waals surface area contributed by atoms with E-state index in [2.05, 4.69) is 53.4 Å². The second-order valence-electron chi connectivity index (χ2n) is 7.91. The predicted molar refractivity (Wildman–Crippen MR) is 109 cm³/mol. The number of allylic oxidation sites excluding steroid dienone is 2. The van der Waals surface area contributed by atoms with Crippen LogP contribution in [0.2, 0.25) is 0 Å². The van der Waals surface area contributed by atoms with Crippen LogP contribution >= 0.6 is 0 Å². The van der Waals surface area contributed by atoms with Crippen LogP contribution in [0.5, 0.6) is 0 Å². The normalized spacial score (nSPS) is 23.8. The highest BCUT2D eigenvalue weighted by atomic mass is 32.2. The molecular weight excluding hydrogens is 356 g/mol. The van der Waals surface area contributed by atoms with E-state index >= 15 is 0 Å². The van der Waals surface area contributed by atoms with E-state index in [-0.39, 0.29) is 18.0 Å². The van der Waals surface area contributed by atoms with Crippen LogP contribution in [0.25, 0.3) is 0 Å². The SMILES string of the molecule is Cc1cccc(C2Nc3ccc(S(=O)(=O)NC(C)C)cc3C3C=CCC32)c1. The third kappa shape index (κ3) is 3.42. The number of rotatable bonds is 4. The molecule has 0 fully saturated rings. The Hall–Kier alpha value is -2.11. The molecule has 0 bridgehead atoms. The third-order valence-electron chi connectivity index (χ3n) is 5.44. The molecule has 5 heteroatoms. The van der Waals surface area contributed by atoms with Crippen molar-refractivity contribution in [3.8, 4) is 0 Å². The molecule has 142 valence electrons. The van der Waals surface area contributed by atoms with Crippen LogP contribution in [0.3, 0.4) is 0 Å². The highest BCUT2D eigenvalue weighted by Crippen LogP contribution is 2.50. The van der Waals surface area contributed by atoms with Gasteiger partial charge in [-0.25, -0.2) is 13.1 Å². The number of sulfonamides is 1. The Bertz CT molecular complexity index is 995. The molecule has 0 amide bonds. The second kappa shape index (κ2) is 6.80. The molecule has 0 saturated heterocycles. The number of hydrogen-bond donors (Lipinski definition) is 2. The van der Waals surface area contributed by atoms with Gasteiger partial charge in [-0.3, -0.25) is 0 Å². The lowest BCUT2D eigenvalue weighted by Gasteiger charge is -2.38. The zero-order chi connectivity index (χ0) is 19.2. The molecule has 0 radical (unpaired) electrons. The summed E-state index contributed by atoms with van der Waals surface area (Å²) in [5, 5.41) is 3.68. The number of nitrogens with one attached hydrogen (secondary N) is 2.